The van der Waals surface area contributed by atoms with E-state index < -0.39 is 5.97 Å². The quantitative estimate of drug-likeness (QED) is 0.477. The number of aliphatic hydroxyl groups is 1. The molecule has 0 aliphatic rings. The predicted octanol–water partition coefficient (Wildman–Crippen LogP) is -0.912. The first-order valence-electron chi connectivity index (χ1n) is 6.69. The largest absolute Gasteiger partial charge is 1.00 e. The van der Waals surface area contributed by atoms with Crippen molar-refractivity contribution in [2.75, 3.05) is 26.2 Å². The molecule has 0 aliphatic heterocycles. The fourth-order valence-electron chi connectivity index (χ4n) is 1.97. The summed E-state index contributed by atoms with van der Waals surface area (Å²) in [6, 6.07) is 0. The van der Waals surface area contributed by atoms with E-state index in [9.17, 15) is 4.79 Å². The van der Waals surface area contributed by atoms with Crippen molar-refractivity contribution in [2.24, 2.45) is 5.92 Å². The number of hydrogen-bond donors (Lipinski definition) is 2. The minimum absolute atomic E-state index is 0. The molecule has 0 radical (unpaired) electrons. The van der Waals surface area contributed by atoms with Crippen LogP contribution in [0.25, 0.3) is 0 Å². The topological polar surface area (TPSA) is 60.8 Å². The molecule has 0 aromatic carbocycles. The zero-order chi connectivity index (χ0) is 13.1. The number of aliphatic hydroxyl groups excluding tert-OH is 1. The Bertz CT molecular complexity index is 208. The van der Waals surface area contributed by atoms with Gasteiger partial charge in [-0.3, -0.25) is 4.79 Å². The molecule has 0 aromatic rings. The average molecular weight is 269 g/mol. The van der Waals surface area contributed by atoms with Crippen molar-refractivity contribution >= 4 is 5.97 Å². The summed E-state index contributed by atoms with van der Waals surface area (Å²) in [6.45, 7) is 6.49. The molecule has 5 heteroatoms. The van der Waals surface area contributed by atoms with E-state index in [1.54, 1.807) is 0 Å². The van der Waals surface area contributed by atoms with Crippen LogP contribution in [0.4, 0.5) is 0 Å². The molecule has 1 unspecified atom stereocenters. The molecule has 0 rings (SSSR count). The van der Waals surface area contributed by atoms with Gasteiger partial charge >= 0.3 is 35.5 Å². The van der Waals surface area contributed by atoms with Gasteiger partial charge in [-0.15, -0.1) is 0 Å². The van der Waals surface area contributed by atoms with E-state index >= 15 is 0 Å². The molecule has 2 N–H and O–H groups in total. The van der Waals surface area contributed by atoms with Gasteiger partial charge in [0, 0.05) is 19.6 Å². The number of aliphatic carboxylic acids is 1. The maximum atomic E-state index is 10.5. The molecule has 0 aromatic heterocycles. The number of carboxylic acid groups (broad SMARTS) is 1. The van der Waals surface area contributed by atoms with Gasteiger partial charge in [-0.2, -0.15) is 0 Å². The van der Waals surface area contributed by atoms with Crippen LogP contribution >= 0.6 is 0 Å². The van der Waals surface area contributed by atoms with Gasteiger partial charge in [0.2, 0.25) is 0 Å². The zero-order valence-electron chi connectivity index (χ0n) is 13.2. The molecule has 1 atom stereocenters. The smallest absolute Gasteiger partial charge is 1.00 e. The van der Waals surface area contributed by atoms with Gasteiger partial charge in [-0.05, 0) is 12.3 Å². The molecule has 0 bridgehead atoms. The minimum atomic E-state index is -0.769. The first kappa shape index (κ1) is 20.7. The second-order valence-corrected chi connectivity index (χ2v) is 4.58. The molecule has 0 spiro atoms. The van der Waals surface area contributed by atoms with Gasteiger partial charge in [0.25, 0.3) is 0 Å². The van der Waals surface area contributed by atoms with Crippen LogP contribution in [-0.4, -0.2) is 47.3 Å². The van der Waals surface area contributed by atoms with Gasteiger partial charge in [0.15, 0.2) is 0 Å². The maximum absolute atomic E-state index is 10.5. The van der Waals surface area contributed by atoms with Gasteiger partial charge in [0.1, 0.15) is 0 Å². The van der Waals surface area contributed by atoms with Crippen LogP contribution in [0, 0.1) is 5.92 Å². The number of carbonyl (C=O) groups is 1. The van der Waals surface area contributed by atoms with Gasteiger partial charge in [-0.1, -0.05) is 33.1 Å². The van der Waals surface area contributed by atoms with Crippen LogP contribution in [0.3, 0.4) is 0 Å². The first-order valence-corrected chi connectivity index (χ1v) is 6.69. The Hall–Kier alpha value is 0.390. The van der Waals surface area contributed by atoms with Crippen LogP contribution in [0.2, 0.25) is 0 Å². The molecule has 4 nitrogen and oxygen atoms in total. The molecule has 104 valence electrons. The molecule has 0 amide bonds. The fourth-order valence-corrected chi connectivity index (χ4v) is 1.97. The second-order valence-electron chi connectivity index (χ2n) is 4.58. The Morgan fingerprint density at radius 2 is 2.00 bits per heavy atom. The summed E-state index contributed by atoms with van der Waals surface area (Å²) in [7, 11) is 0. The van der Waals surface area contributed by atoms with E-state index in [4.69, 9.17) is 10.2 Å². The summed E-state index contributed by atoms with van der Waals surface area (Å²) in [4.78, 5) is 12.6. The zero-order valence-corrected chi connectivity index (χ0v) is 14.2. The summed E-state index contributed by atoms with van der Waals surface area (Å²) in [5.41, 5.74) is 0. The average Bonchev–Trinajstić information content (AvgIpc) is 2.31. The number of rotatable bonds is 11. The Kier molecular flexibility index (Phi) is 15.9. The Labute approximate surface area is 135 Å². The van der Waals surface area contributed by atoms with Crippen molar-refractivity contribution in [2.45, 2.75) is 46.0 Å². The maximum Gasteiger partial charge on any atom is 1.00 e. The number of carboxylic acids is 1. The van der Waals surface area contributed by atoms with Crippen molar-refractivity contribution in [3.05, 3.63) is 0 Å². The summed E-state index contributed by atoms with van der Waals surface area (Å²) >= 11 is 0. The van der Waals surface area contributed by atoms with E-state index in [0.29, 0.717) is 19.0 Å². The van der Waals surface area contributed by atoms with E-state index in [0.717, 1.165) is 13.0 Å². The fraction of sp³-hybridized carbons (Fsp3) is 0.923. The van der Waals surface area contributed by atoms with E-state index in [1.165, 1.54) is 19.3 Å². The number of unbranched alkanes of at least 4 members (excludes halogenated alkanes) is 1. The van der Waals surface area contributed by atoms with Crippen molar-refractivity contribution in [3.8, 4) is 0 Å². The van der Waals surface area contributed by atoms with Crippen LogP contribution in [0.1, 0.15) is 47.4 Å². The van der Waals surface area contributed by atoms with Crippen LogP contribution in [0.5, 0.6) is 0 Å². The Morgan fingerprint density at radius 3 is 2.44 bits per heavy atom. The van der Waals surface area contributed by atoms with Gasteiger partial charge < -0.3 is 16.5 Å². The molecular formula is C13H28NNaO3. The molecule has 0 saturated carbocycles. The SMILES string of the molecule is CCCCC(CC)CN(CCO)CCC(=O)O.[H-].[Na+]. The van der Waals surface area contributed by atoms with Crippen molar-refractivity contribution in [3.63, 3.8) is 0 Å². The molecular weight excluding hydrogens is 241 g/mol. The Balaban J connectivity index is -0.00000128. The summed E-state index contributed by atoms with van der Waals surface area (Å²) in [5.74, 6) is -0.148. The third-order valence-corrected chi connectivity index (χ3v) is 3.12. The second kappa shape index (κ2) is 13.8. The molecule has 0 aliphatic carbocycles. The van der Waals surface area contributed by atoms with Crippen LogP contribution in [0.15, 0.2) is 0 Å². The van der Waals surface area contributed by atoms with Gasteiger partial charge in [0.05, 0.1) is 13.0 Å². The number of nitrogens with zero attached hydrogens (tertiary/aromatic N) is 1. The molecule has 18 heavy (non-hydrogen) atoms. The van der Waals surface area contributed by atoms with Crippen molar-refractivity contribution in [1.29, 1.82) is 0 Å². The molecule has 0 fully saturated rings. The van der Waals surface area contributed by atoms with E-state index in [1.807, 2.05) is 0 Å². The number of hydrogen-bond acceptors (Lipinski definition) is 3. The summed E-state index contributed by atoms with van der Waals surface area (Å²) in [5, 5.41) is 17.6. The Morgan fingerprint density at radius 1 is 1.33 bits per heavy atom. The monoisotopic (exact) mass is 269 g/mol. The predicted molar refractivity (Wildman–Crippen MR) is 70.2 cm³/mol. The third kappa shape index (κ3) is 11.5. The minimum Gasteiger partial charge on any atom is -1.00 e. The molecule has 0 heterocycles. The van der Waals surface area contributed by atoms with Crippen LogP contribution in [-0.2, 0) is 4.79 Å². The van der Waals surface area contributed by atoms with Crippen molar-refractivity contribution in [1.82, 2.24) is 4.90 Å². The third-order valence-electron chi connectivity index (χ3n) is 3.12. The van der Waals surface area contributed by atoms with Crippen LogP contribution < -0.4 is 29.6 Å². The summed E-state index contributed by atoms with van der Waals surface area (Å²) in [6.07, 6.45) is 4.90. The normalized spacial score (nSPS) is 12.2. The van der Waals surface area contributed by atoms with Gasteiger partial charge in [-0.25, -0.2) is 0 Å². The molecule has 0 saturated heterocycles. The van der Waals surface area contributed by atoms with E-state index in [2.05, 4.69) is 18.7 Å². The summed E-state index contributed by atoms with van der Waals surface area (Å²) < 4.78 is 0. The van der Waals surface area contributed by atoms with E-state index in [-0.39, 0.29) is 44.0 Å². The first-order chi connectivity index (χ1) is 8.13. The van der Waals surface area contributed by atoms with Crippen molar-refractivity contribution < 1.29 is 46.0 Å². The standard InChI is InChI=1S/C13H27NO3.Na.H/c1-3-5-6-12(4-2)11-14(9-10-15)8-7-13(16)17;;/h12,15H,3-11H2,1-2H3,(H,16,17);;/q;+1;-1.